The Morgan fingerprint density at radius 2 is 2.00 bits per heavy atom. The van der Waals surface area contributed by atoms with Gasteiger partial charge in [-0.3, -0.25) is 14.5 Å². The summed E-state index contributed by atoms with van der Waals surface area (Å²) < 4.78 is 4.96. The van der Waals surface area contributed by atoms with Crippen LogP contribution in [-0.4, -0.2) is 36.0 Å². The molecule has 29 heavy (non-hydrogen) atoms. The van der Waals surface area contributed by atoms with Gasteiger partial charge in [0, 0.05) is 24.5 Å². The average molecular weight is 391 g/mol. The standard InChI is InChI=1S/C22H21N3O4/c1-15(26)24-10-9-16-5-2-3-8-19(16)20(24)14-21(27)23-17-6-4-7-18(13-17)25-11-12-29-22(25)28/h2-10,13,20H,11-12,14H2,1H3,(H,23,27)/t20-/m0/s1. The van der Waals surface area contributed by atoms with E-state index in [1.54, 1.807) is 35.4 Å². The molecule has 0 spiro atoms. The highest BCUT2D eigenvalue weighted by atomic mass is 16.6. The van der Waals surface area contributed by atoms with Crippen molar-refractivity contribution in [3.63, 3.8) is 0 Å². The predicted molar refractivity (Wildman–Crippen MR) is 109 cm³/mol. The molecule has 0 aliphatic carbocycles. The molecule has 0 saturated carbocycles. The van der Waals surface area contributed by atoms with E-state index in [2.05, 4.69) is 5.32 Å². The molecule has 1 atom stereocenters. The van der Waals surface area contributed by atoms with Crippen molar-refractivity contribution in [2.75, 3.05) is 23.4 Å². The van der Waals surface area contributed by atoms with Gasteiger partial charge in [0.05, 0.1) is 19.0 Å². The third kappa shape index (κ3) is 3.85. The van der Waals surface area contributed by atoms with E-state index >= 15 is 0 Å². The number of carbonyl (C=O) groups is 3. The molecule has 0 radical (unpaired) electrons. The summed E-state index contributed by atoms with van der Waals surface area (Å²) >= 11 is 0. The van der Waals surface area contributed by atoms with Crippen LogP contribution in [0.25, 0.3) is 6.08 Å². The number of amides is 3. The van der Waals surface area contributed by atoms with Crippen LogP contribution >= 0.6 is 0 Å². The zero-order valence-corrected chi connectivity index (χ0v) is 16.0. The van der Waals surface area contributed by atoms with Crippen molar-refractivity contribution in [3.05, 3.63) is 65.9 Å². The lowest BCUT2D eigenvalue weighted by Gasteiger charge is -2.32. The van der Waals surface area contributed by atoms with Gasteiger partial charge in [0.2, 0.25) is 11.8 Å². The summed E-state index contributed by atoms with van der Waals surface area (Å²) in [6.07, 6.45) is 3.33. The lowest BCUT2D eigenvalue weighted by atomic mass is 9.93. The second-order valence-corrected chi connectivity index (χ2v) is 6.96. The van der Waals surface area contributed by atoms with Crippen LogP contribution in [0.2, 0.25) is 0 Å². The molecule has 2 aliphatic heterocycles. The highest BCUT2D eigenvalue weighted by Gasteiger charge is 2.28. The maximum Gasteiger partial charge on any atom is 0.414 e. The summed E-state index contributed by atoms with van der Waals surface area (Å²) in [5.41, 5.74) is 3.19. The molecule has 2 heterocycles. The minimum atomic E-state index is -0.392. The molecule has 0 bridgehead atoms. The third-order valence-corrected chi connectivity index (χ3v) is 5.05. The van der Waals surface area contributed by atoms with E-state index in [1.807, 2.05) is 30.3 Å². The Hall–Kier alpha value is -3.61. The quantitative estimate of drug-likeness (QED) is 0.865. The van der Waals surface area contributed by atoms with Crippen LogP contribution in [-0.2, 0) is 14.3 Å². The Bertz CT molecular complexity index is 1000. The van der Waals surface area contributed by atoms with Crippen LogP contribution in [0.1, 0.15) is 30.5 Å². The maximum absolute atomic E-state index is 12.8. The Balaban J connectivity index is 1.51. The van der Waals surface area contributed by atoms with Gasteiger partial charge in [0.25, 0.3) is 0 Å². The van der Waals surface area contributed by atoms with Crippen molar-refractivity contribution in [3.8, 4) is 0 Å². The monoisotopic (exact) mass is 391 g/mol. The first-order valence-electron chi connectivity index (χ1n) is 9.43. The summed E-state index contributed by atoms with van der Waals surface area (Å²) in [5, 5.41) is 2.88. The Labute approximate surface area is 168 Å². The highest BCUT2D eigenvalue weighted by Crippen LogP contribution is 2.33. The smallest absolute Gasteiger partial charge is 0.414 e. The predicted octanol–water partition coefficient (Wildman–Crippen LogP) is 3.55. The van der Waals surface area contributed by atoms with Crippen molar-refractivity contribution < 1.29 is 19.1 Å². The number of hydrogen-bond donors (Lipinski definition) is 1. The molecule has 2 aromatic rings. The Morgan fingerprint density at radius 3 is 2.76 bits per heavy atom. The van der Waals surface area contributed by atoms with Crippen LogP contribution in [0.5, 0.6) is 0 Å². The number of benzene rings is 2. The summed E-state index contributed by atoms with van der Waals surface area (Å²) in [5.74, 6) is -0.337. The number of fused-ring (bicyclic) bond motifs is 1. The lowest BCUT2D eigenvalue weighted by Crippen LogP contribution is -2.33. The second kappa shape index (κ2) is 7.79. The van der Waals surface area contributed by atoms with Gasteiger partial charge >= 0.3 is 6.09 Å². The van der Waals surface area contributed by atoms with Gasteiger partial charge in [-0.25, -0.2) is 4.79 Å². The molecule has 3 amide bonds. The van der Waals surface area contributed by atoms with Crippen molar-refractivity contribution in [2.45, 2.75) is 19.4 Å². The molecule has 148 valence electrons. The first-order valence-corrected chi connectivity index (χ1v) is 9.43. The molecule has 2 aliphatic rings. The number of rotatable bonds is 4. The number of nitrogens with zero attached hydrogens (tertiary/aromatic N) is 2. The van der Waals surface area contributed by atoms with E-state index in [-0.39, 0.29) is 24.3 Å². The lowest BCUT2D eigenvalue weighted by molar-refractivity contribution is -0.129. The van der Waals surface area contributed by atoms with Crippen LogP contribution in [0.15, 0.2) is 54.7 Å². The number of ether oxygens (including phenoxy) is 1. The van der Waals surface area contributed by atoms with E-state index < -0.39 is 6.09 Å². The van der Waals surface area contributed by atoms with Crippen LogP contribution in [0.3, 0.4) is 0 Å². The second-order valence-electron chi connectivity index (χ2n) is 6.96. The molecule has 1 saturated heterocycles. The topological polar surface area (TPSA) is 79.0 Å². The number of carbonyl (C=O) groups excluding carboxylic acids is 3. The number of hydrogen-bond acceptors (Lipinski definition) is 4. The number of cyclic esters (lactones) is 1. The van der Waals surface area contributed by atoms with E-state index in [9.17, 15) is 14.4 Å². The summed E-state index contributed by atoms with van der Waals surface area (Å²) in [7, 11) is 0. The van der Waals surface area contributed by atoms with Crippen molar-refractivity contribution in [1.82, 2.24) is 4.90 Å². The van der Waals surface area contributed by atoms with Gasteiger partial charge in [-0.05, 0) is 35.4 Å². The molecule has 1 fully saturated rings. The Kier molecular flexibility index (Phi) is 5.03. The van der Waals surface area contributed by atoms with E-state index in [1.165, 1.54) is 11.8 Å². The van der Waals surface area contributed by atoms with Crippen molar-refractivity contribution in [2.24, 2.45) is 0 Å². The molecule has 1 N–H and O–H groups in total. The first kappa shape index (κ1) is 18.7. The molecule has 7 nitrogen and oxygen atoms in total. The first-order chi connectivity index (χ1) is 14.0. The van der Waals surface area contributed by atoms with Crippen LogP contribution in [0, 0.1) is 0 Å². The molecule has 4 rings (SSSR count). The third-order valence-electron chi connectivity index (χ3n) is 5.05. The molecule has 2 aromatic carbocycles. The van der Waals surface area contributed by atoms with E-state index in [4.69, 9.17) is 4.74 Å². The van der Waals surface area contributed by atoms with Crippen LogP contribution in [0.4, 0.5) is 16.2 Å². The molecule has 0 unspecified atom stereocenters. The van der Waals surface area contributed by atoms with Gasteiger partial charge < -0.3 is 15.0 Å². The average Bonchev–Trinajstić information content (AvgIpc) is 3.14. The Morgan fingerprint density at radius 1 is 1.17 bits per heavy atom. The largest absolute Gasteiger partial charge is 0.447 e. The minimum absolute atomic E-state index is 0.122. The van der Waals surface area contributed by atoms with Gasteiger partial charge in [-0.15, -0.1) is 0 Å². The van der Waals surface area contributed by atoms with Crippen molar-refractivity contribution in [1.29, 1.82) is 0 Å². The minimum Gasteiger partial charge on any atom is -0.447 e. The fourth-order valence-corrected chi connectivity index (χ4v) is 3.68. The van der Waals surface area contributed by atoms with Gasteiger partial charge in [0.1, 0.15) is 6.61 Å². The number of anilines is 2. The van der Waals surface area contributed by atoms with Crippen molar-refractivity contribution >= 4 is 35.4 Å². The van der Waals surface area contributed by atoms with Crippen LogP contribution < -0.4 is 10.2 Å². The van der Waals surface area contributed by atoms with Gasteiger partial charge in [-0.2, -0.15) is 0 Å². The molecular formula is C22H21N3O4. The summed E-state index contributed by atoms with van der Waals surface area (Å²) in [6, 6.07) is 14.4. The zero-order valence-electron chi connectivity index (χ0n) is 16.0. The normalized spacial score (nSPS) is 17.7. The molecule has 7 heteroatoms. The van der Waals surface area contributed by atoms with Gasteiger partial charge in [-0.1, -0.05) is 30.3 Å². The molecule has 0 aromatic heterocycles. The SMILES string of the molecule is CC(=O)N1C=Cc2ccccc2[C@@H]1CC(=O)Nc1cccc(N2CCOC2=O)c1. The van der Waals surface area contributed by atoms with E-state index in [0.717, 1.165) is 11.1 Å². The number of nitrogens with one attached hydrogen (secondary N) is 1. The zero-order chi connectivity index (χ0) is 20.4. The highest BCUT2D eigenvalue weighted by molar-refractivity contribution is 5.94. The fraction of sp³-hybridized carbons (Fsp3) is 0.227. The van der Waals surface area contributed by atoms with Gasteiger partial charge in [0.15, 0.2) is 0 Å². The summed E-state index contributed by atoms with van der Waals surface area (Å²) in [6.45, 7) is 2.32. The fourth-order valence-electron chi connectivity index (χ4n) is 3.68. The molecular weight excluding hydrogens is 370 g/mol. The maximum atomic E-state index is 12.8. The summed E-state index contributed by atoms with van der Waals surface area (Å²) in [4.78, 5) is 39.7. The van der Waals surface area contributed by atoms with E-state index in [0.29, 0.717) is 24.5 Å².